The lowest BCUT2D eigenvalue weighted by molar-refractivity contribution is 0.122. The number of nitrogens with zero attached hydrogens (tertiary/aromatic N) is 3. The van der Waals surface area contributed by atoms with Crippen LogP contribution in [0.25, 0.3) is 22.2 Å². The van der Waals surface area contributed by atoms with E-state index in [1.807, 2.05) is 6.07 Å². The summed E-state index contributed by atoms with van der Waals surface area (Å²) in [7, 11) is 3.32. The van der Waals surface area contributed by atoms with Crippen molar-refractivity contribution in [3.8, 4) is 22.8 Å². The van der Waals surface area contributed by atoms with Gasteiger partial charge in [0.1, 0.15) is 17.0 Å². The van der Waals surface area contributed by atoms with Crippen LogP contribution < -0.4 is 14.4 Å². The molecule has 6 nitrogen and oxygen atoms in total. The number of morpholine rings is 1. The molecule has 1 aromatic carbocycles. The van der Waals surface area contributed by atoms with Crippen LogP contribution in [0.5, 0.6) is 11.5 Å². The van der Waals surface area contributed by atoms with Crippen LogP contribution in [-0.4, -0.2) is 50.5 Å². The van der Waals surface area contributed by atoms with E-state index in [2.05, 4.69) is 35.0 Å². The molecule has 1 saturated heterocycles. The fourth-order valence-electron chi connectivity index (χ4n) is 3.42. The highest BCUT2D eigenvalue weighted by Crippen LogP contribution is 2.35. The summed E-state index contributed by atoms with van der Waals surface area (Å²) in [5.41, 5.74) is 4.91. The van der Waals surface area contributed by atoms with E-state index < -0.39 is 0 Å². The molecule has 0 unspecified atom stereocenters. The maximum atomic E-state index is 5.69. The minimum Gasteiger partial charge on any atom is -0.495 e. The van der Waals surface area contributed by atoms with Crippen molar-refractivity contribution in [2.45, 2.75) is 6.92 Å². The molecule has 2 aromatic heterocycles. The van der Waals surface area contributed by atoms with Crippen LogP contribution in [0.3, 0.4) is 0 Å². The quantitative estimate of drug-likeness (QED) is 0.706. The lowest BCUT2D eigenvalue weighted by Crippen LogP contribution is -2.36. The number of methoxy groups -OCH3 is 2. The van der Waals surface area contributed by atoms with E-state index in [9.17, 15) is 0 Å². The topological polar surface area (TPSA) is 56.7 Å². The standard InChI is InChI=1S/C21H23N3O3/c1-14-8-19(15-9-17(25-2)13-22-12-15)23-21-18(14)10-16(11-20(21)26-3)24-4-6-27-7-5-24/h8-13H,4-7H2,1-3H3. The van der Waals surface area contributed by atoms with Crippen molar-refractivity contribution in [3.63, 3.8) is 0 Å². The number of anilines is 1. The minimum absolute atomic E-state index is 0.710. The van der Waals surface area contributed by atoms with Gasteiger partial charge in [-0.2, -0.15) is 0 Å². The minimum atomic E-state index is 0.710. The Labute approximate surface area is 158 Å². The molecule has 3 heterocycles. The maximum absolute atomic E-state index is 5.69. The lowest BCUT2D eigenvalue weighted by atomic mass is 10.0. The van der Waals surface area contributed by atoms with Gasteiger partial charge in [0.05, 0.1) is 39.3 Å². The monoisotopic (exact) mass is 365 g/mol. The third kappa shape index (κ3) is 3.40. The molecule has 0 amide bonds. The normalized spacial score (nSPS) is 14.4. The average Bonchev–Trinajstić information content (AvgIpc) is 2.73. The molecule has 140 valence electrons. The molecule has 0 radical (unpaired) electrons. The van der Waals surface area contributed by atoms with Gasteiger partial charge in [-0.15, -0.1) is 0 Å². The first kappa shape index (κ1) is 17.5. The van der Waals surface area contributed by atoms with E-state index >= 15 is 0 Å². The van der Waals surface area contributed by atoms with Gasteiger partial charge in [0.25, 0.3) is 0 Å². The van der Waals surface area contributed by atoms with Gasteiger partial charge in [0.15, 0.2) is 0 Å². The Kier molecular flexibility index (Phi) is 4.81. The Balaban J connectivity index is 1.84. The van der Waals surface area contributed by atoms with Crippen molar-refractivity contribution in [2.24, 2.45) is 0 Å². The largest absolute Gasteiger partial charge is 0.495 e. The van der Waals surface area contributed by atoms with Crippen LogP contribution in [0.15, 0.2) is 36.7 Å². The van der Waals surface area contributed by atoms with Crippen molar-refractivity contribution in [1.29, 1.82) is 0 Å². The smallest absolute Gasteiger partial charge is 0.147 e. The molecule has 6 heteroatoms. The zero-order valence-electron chi connectivity index (χ0n) is 15.9. The number of fused-ring (bicyclic) bond motifs is 1. The zero-order valence-corrected chi connectivity index (χ0v) is 15.9. The first-order valence-electron chi connectivity index (χ1n) is 9.01. The maximum Gasteiger partial charge on any atom is 0.147 e. The predicted molar refractivity (Wildman–Crippen MR) is 106 cm³/mol. The van der Waals surface area contributed by atoms with Gasteiger partial charge in [0.2, 0.25) is 0 Å². The molecular weight excluding hydrogens is 342 g/mol. The summed E-state index contributed by atoms with van der Waals surface area (Å²) in [4.78, 5) is 11.4. The number of hydrogen-bond acceptors (Lipinski definition) is 6. The van der Waals surface area contributed by atoms with Crippen LogP contribution in [0.2, 0.25) is 0 Å². The number of benzene rings is 1. The van der Waals surface area contributed by atoms with E-state index in [1.54, 1.807) is 26.6 Å². The van der Waals surface area contributed by atoms with Gasteiger partial charge in [-0.05, 0) is 30.7 Å². The highest BCUT2D eigenvalue weighted by Gasteiger charge is 2.17. The third-order valence-electron chi connectivity index (χ3n) is 4.91. The summed E-state index contributed by atoms with van der Waals surface area (Å²) in [6, 6.07) is 8.28. The summed E-state index contributed by atoms with van der Waals surface area (Å²) in [5, 5.41) is 1.09. The van der Waals surface area contributed by atoms with Crippen LogP contribution in [0.4, 0.5) is 5.69 Å². The Morgan fingerprint density at radius 2 is 1.81 bits per heavy atom. The molecule has 27 heavy (non-hydrogen) atoms. The summed E-state index contributed by atoms with van der Waals surface area (Å²) < 4.78 is 16.5. The number of pyridine rings is 2. The van der Waals surface area contributed by atoms with E-state index in [0.29, 0.717) is 5.75 Å². The van der Waals surface area contributed by atoms with Gasteiger partial charge in [0, 0.05) is 42.0 Å². The molecule has 0 spiro atoms. The third-order valence-corrected chi connectivity index (χ3v) is 4.91. The predicted octanol–water partition coefficient (Wildman–Crippen LogP) is 3.46. The highest BCUT2D eigenvalue weighted by molar-refractivity contribution is 5.92. The Morgan fingerprint density at radius 1 is 1.00 bits per heavy atom. The summed E-state index contributed by atoms with van der Waals surface area (Å²) in [5.74, 6) is 1.48. The Hall–Kier alpha value is -2.86. The van der Waals surface area contributed by atoms with Crippen molar-refractivity contribution in [1.82, 2.24) is 9.97 Å². The zero-order chi connectivity index (χ0) is 18.8. The molecule has 1 aliphatic heterocycles. The van der Waals surface area contributed by atoms with E-state index in [0.717, 1.165) is 65.5 Å². The van der Waals surface area contributed by atoms with Crippen LogP contribution in [0, 0.1) is 6.92 Å². The van der Waals surface area contributed by atoms with E-state index in [1.165, 1.54) is 0 Å². The van der Waals surface area contributed by atoms with Crippen molar-refractivity contribution < 1.29 is 14.2 Å². The molecule has 4 rings (SSSR count). The SMILES string of the molecule is COc1cncc(-c2cc(C)c3cc(N4CCOCC4)cc(OC)c3n2)c1. The number of hydrogen-bond donors (Lipinski definition) is 0. The van der Waals surface area contributed by atoms with Gasteiger partial charge >= 0.3 is 0 Å². The Morgan fingerprint density at radius 3 is 2.56 bits per heavy atom. The molecule has 3 aromatic rings. The van der Waals surface area contributed by atoms with Gasteiger partial charge in [-0.1, -0.05) is 0 Å². The highest BCUT2D eigenvalue weighted by atomic mass is 16.5. The van der Waals surface area contributed by atoms with Crippen molar-refractivity contribution in [2.75, 3.05) is 45.4 Å². The molecule has 0 N–H and O–H groups in total. The second kappa shape index (κ2) is 7.40. The number of rotatable bonds is 4. The average molecular weight is 365 g/mol. The van der Waals surface area contributed by atoms with Crippen molar-refractivity contribution >= 4 is 16.6 Å². The lowest BCUT2D eigenvalue weighted by Gasteiger charge is -2.29. The van der Waals surface area contributed by atoms with E-state index in [4.69, 9.17) is 19.2 Å². The molecule has 0 aliphatic carbocycles. The van der Waals surface area contributed by atoms with Gasteiger partial charge in [-0.3, -0.25) is 4.98 Å². The van der Waals surface area contributed by atoms with Gasteiger partial charge < -0.3 is 19.1 Å². The molecular formula is C21H23N3O3. The number of aryl methyl sites for hydroxylation is 1. The fraction of sp³-hybridized carbons (Fsp3) is 0.333. The fourth-order valence-corrected chi connectivity index (χ4v) is 3.42. The van der Waals surface area contributed by atoms with Crippen LogP contribution in [0.1, 0.15) is 5.56 Å². The number of ether oxygens (including phenoxy) is 3. The summed E-state index contributed by atoms with van der Waals surface area (Å²) in [6.45, 7) is 5.37. The first-order chi connectivity index (χ1) is 13.2. The molecule has 1 aliphatic rings. The first-order valence-corrected chi connectivity index (χ1v) is 9.01. The summed E-state index contributed by atoms with van der Waals surface area (Å²) in [6.07, 6.45) is 3.48. The van der Waals surface area contributed by atoms with Gasteiger partial charge in [-0.25, -0.2) is 4.98 Å². The molecule has 1 fully saturated rings. The second-order valence-corrected chi connectivity index (χ2v) is 6.58. The number of aromatic nitrogens is 2. The molecule has 0 saturated carbocycles. The van der Waals surface area contributed by atoms with Crippen LogP contribution >= 0.6 is 0 Å². The second-order valence-electron chi connectivity index (χ2n) is 6.58. The van der Waals surface area contributed by atoms with Crippen LogP contribution in [-0.2, 0) is 4.74 Å². The molecule has 0 bridgehead atoms. The Bertz CT molecular complexity index is 968. The van der Waals surface area contributed by atoms with E-state index in [-0.39, 0.29) is 0 Å². The summed E-state index contributed by atoms with van der Waals surface area (Å²) >= 11 is 0. The van der Waals surface area contributed by atoms with Crippen molar-refractivity contribution in [3.05, 3.63) is 42.2 Å². The molecule has 0 atom stereocenters.